The molecule has 0 aromatic heterocycles. The van der Waals surface area contributed by atoms with Gasteiger partial charge in [0, 0.05) is 17.6 Å². The van der Waals surface area contributed by atoms with E-state index in [4.69, 9.17) is 11.6 Å². The zero-order valence-electron chi connectivity index (χ0n) is 10.2. The van der Waals surface area contributed by atoms with Crippen molar-refractivity contribution in [3.63, 3.8) is 0 Å². The van der Waals surface area contributed by atoms with E-state index in [1.165, 1.54) is 29.5 Å². The first-order chi connectivity index (χ1) is 8.83. The quantitative estimate of drug-likeness (QED) is 0.872. The maximum absolute atomic E-state index is 5.89. The summed E-state index contributed by atoms with van der Waals surface area (Å²) in [7, 11) is 0. The SMILES string of the molecule is Clc1ccc(CNC2CCc3ccccc32)cc1. The van der Waals surface area contributed by atoms with E-state index in [-0.39, 0.29) is 0 Å². The van der Waals surface area contributed by atoms with Crippen LogP contribution in [-0.4, -0.2) is 0 Å². The first-order valence-corrected chi connectivity index (χ1v) is 6.76. The van der Waals surface area contributed by atoms with Gasteiger partial charge in [-0.15, -0.1) is 0 Å². The number of hydrogen-bond acceptors (Lipinski definition) is 1. The van der Waals surface area contributed by atoms with Crippen molar-refractivity contribution in [3.05, 3.63) is 70.2 Å². The molecular formula is C16H16ClN. The molecule has 0 saturated heterocycles. The van der Waals surface area contributed by atoms with E-state index in [1.54, 1.807) is 0 Å². The first kappa shape index (κ1) is 11.8. The van der Waals surface area contributed by atoms with Gasteiger partial charge in [-0.1, -0.05) is 48.0 Å². The summed E-state index contributed by atoms with van der Waals surface area (Å²) < 4.78 is 0. The van der Waals surface area contributed by atoms with Crippen LogP contribution in [0.5, 0.6) is 0 Å². The molecule has 0 aliphatic heterocycles. The Bertz CT molecular complexity index is 533. The summed E-state index contributed by atoms with van der Waals surface area (Å²) in [6.07, 6.45) is 2.39. The van der Waals surface area contributed by atoms with Crippen LogP contribution >= 0.6 is 11.6 Å². The zero-order valence-corrected chi connectivity index (χ0v) is 11.0. The van der Waals surface area contributed by atoms with Crippen molar-refractivity contribution < 1.29 is 0 Å². The van der Waals surface area contributed by atoms with E-state index in [0.717, 1.165) is 11.6 Å². The summed E-state index contributed by atoms with van der Waals surface area (Å²) in [5.74, 6) is 0. The molecule has 0 amide bonds. The molecular weight excluding hydrogens is 242 g/mol. The third-order valence-electron chi connectivity index (χ3n) is 3.60. The molecule has 1 N–H and O–H groups in total. The molecule has 1 aliphatic rings. The lowest BCUT2D eigenvalue weighted by Gasteiger charge is -2.14. The molecule has 2 aromatic rings. The Labute approximate surface area is 113 Å². The maximum Gasteiger partial charge on any atom is 0.0406 e. The minimum Gasteiger partial charge on any atom is -0.306 e. The van der Waals surface area contributed by atoms with Crippen LogP contribution in [0.3, 0.4) is 0 Å². The number of fused-ring (bicyclic) bond motifs is 1. The van der Waals surface area contributed by atoms with Crippen LogP contribution in [0.1, 0.15) is 29.2 Å². The number of aryl methyl sites for hydroxylation is 1. The minimum absolute atomic E-state index is 0.497. The topological polar surface area (TPSA) is 12.0 Å². The normalized spacial score (nSPS) is 17.7. The Morgan fingerprint density at radius 1 is 1.06 bits per heavy atom. The highest BCUT2D eigenvalue weighted by atomic mass is 35.5. The molecule has 2 heteroatoms. The summed E-state index contributed by atoms with van der Waals surface area (Å²) in [6.45, 7) is 0.899. The standard InChI is InChI=1S/C16H16ClN/c17-14-8-5-12(6-9-14)11-18-16-10-7-13-3-1-2-4-15(13)16/h1-6,8-9,16,18H,7,10-11H2. The molecule has 1 aliphatic carbocycles. The Morgan fingerprint density at radius 2 is 1.83 bits per heavy atom. The average Bonchev–Trinajstić information content (AvgIpc) is 2.82. The molecule has 0 saturated carbocycles. The summed E-state index contributed by atoms with van der Waals surface area (Å²) in [4.78, 5) is 0. The molecule has 0 radical (unpaired) electrons. The van der Waals surface area contributed by atoms with Gasteiger partial charge >= 0.3 is 0 Å². The molecule has 1 unspecified atom stereocenters. The van der Waals surface area contributed by atoms with E-state index in [0.29, 0.717) is 6.04 Å². The smallest absolute Gasteiger partial charge is 0.0406 e. The third-order valence-corrected chi connectivity index (χ3v) is 3.85. The van der Waals surface area contributed by atoms with Crippen LogP contribution in [0.15, 0.2) is 48.5 Å². The van der Waals surface area contributed by atoms with Gasteiger partial charge in [-0.25, -0.2) is 0 Å². The second-order valence-electron chi connectivity index (χ2n) is 4.80. The second-order valence-corrected chi connectivity index (χ2v) is 5.23. The summed E-state index contributed by atoms with van der Waals surface area (Å²) >= 11 is 5.89. The summed E-state index contributed by atoms with van der Waals surface area (Å²) in [6, 6.07) is 17.3. The van der Waals surface area contributed by atoms with E-state index in [2.05, 4.69) is 41.7 Å². The van der Waals surface area contributed by atoms with Gasteiger partial charge in [0.25, 0.3) is 0 Å². The van der Waals surface area contributed by atoms with E-state index in [9.17, 15) is 0 Å². The largest absolute Gasteiger partial charge is 0.306 e. The molecule has 1 atom stereocenters. The lowest BCUT2D eigenvalue weighted by molar-refractivity contribution is 0.530. The lowest BCUT2D eigenvalue weighted by Crippen LogP contribution is -2.18. The van der Waals surface area contributed by atoms with Gasteiger partial charge in [0.15, 0.2) is 0 Å². The second kappa shape index (κ2) is 5.13. The number of hydrogen-bond donors (Lipinski definition) is 1. The van der Waals surface area contributed by atoms with Gasteiger partial charge in [-0.3, -0.25) is 0 Å². The fraction of sp³-hybridized carbons (Fsp3) is 0.250. The number of nitrogens with one attached hydrogen (secondary N) is 1. The molecule has 92 valence electrons. The Balaban J connectivity index is 1.67. The van der Waals surface area contributed by atoms with Gasteiger partial charge in [0.2, 0.25) is 0 Å². The lowest BCUT2D eigenvalue weighted by atomic mass is 10.1. The highest BCUT2D eigenvalue weighted by Crippen LogP contribution is 2.30. The molecule has 18 heavy (non-hydrogen) atoms. The van der Waals surface area contributed by atoms with E-state index >= 15 is 0 Å². The van der Waals surface area contributed by atoms with Crippen molar-refractivity contribution in [2.24, 2.45) is 0 Å². The number of rotatable bonds is 3. The number of halogens is 1. The van der Waals surface area contributed by atoms with Crippen LogP contribution in [0, 0.1) is 0 Å². The summed E-state index contributed by atoms with van der Waals surface area (Å²) in [5, 5.41) is 4.43. The molecule has 0 fully saturated rings. The highest BCUT2D eigenvalue weighted by molar-refractivity contribution is 6.30. The van der Waals surface area contributed by atoms with Crippen molar-refractivity contribution in [1.29, 1.82) is 0 Å². The Morgan fingerprint density at radius 3 is 2.67 bits per heavy atom. The number of benzene rings is 2. The van der Waals surface area contributed by atoms with Crippen LogP contribution in [0.4, 0.5) is 0 Å². The maximum atomic E-state index is 5.89. The van der Waals surface area contributed by atoms with Crippen molar-refractivity contribution in [3.8, 4) is 0 Å². The summed E-state index contributed by atoms with van der Waals surface area (Å²) in [5.41, 5.74) is 4.24. The average molecular weight is 258 g/mol. The van der Waals surface area contributed by atoms with Crippen LogP contribution in [-0.2, 0) is 13.0 Å². The van der Waals surface area contributed by atoms with Gasteiger partial charge in [0.1, 0.15) is 0 Å². The van der Waals surface area contributed by atoms with E-state index < -0.39 is 0 Å². The fourth-order valence-corrected chi connectivity index (χ4v) is 2.74. The Hall–Kier alpha value is -1.31. The first-order valence-electron chi connectivity index (χ1n) is 6.38. The van der Waals surface area contributed by atoms with Gasteiger partial charge in [-0.05, 0) is 41.7 Å². The molecule has 0 heterocycles. The third kappa shape index (κ3) is 2.43. The Kier molecular flexibility index (Phi) is 3.35. The van der Waals surface area contributed by atoms with E-state index in [1.807, 2.05) is 12.1 Å². The molecule has 0 spiro atoms. The predicted octanol–water partition coefficient (Wildman–Crippen LogP) is 4.12. The molecule has 2 aromatic carbocycles. The van der Waals surface area contributed by atoms with Crippen molar-refractivity contribution >= 4 is 11.6 Å². The highest BCUT2D eigenvalue weighted by Gasteiger charge is 2.20. The van der Waals surface area contributed by atoms with Gasteiger partial charge in [0.05, 0.1) is 0 Å². The van der Waals surface area contributed by atoms with Gasteiger partial charge < -0.3 is 5.32 Å². The fourth-order valence-electron chi connectivity index (χ4n) is 2.61. The predicted molar refractivity (Wildman–Crippen MR) is 75.8 cm³/mol. The van der Waals surface area contributed by atoms with Crippen LogP contribution in [0.2, 0.25) is 5.02 Å². The molecule has 0 bridgehead atoms. The molecule has 1 nitrogen and oxygen atoms in total. The van der Waals surface area contributed by atoms with Crippen molar-refractivity contribution in [2.75, 3.05) is 0 Å². The zero-order chi connectivity index (χ0) is 12.4. The van der Waals surface area contributed by atoms with Crippen molar-refractivity contribution in [2.45, 2.75) is 25.4 Å². The van der Waals surface area contributed by atoms with Crippen molar-refractivity contribution in [1.82, 2.24) is 5.32 Å². The van der Waals surface area contributed by atoms with Crippen LogP contribution in [0.25, 0.3) is 0 Å². The monoisotopic (exact) mass is 257 g/mol. The van der Waals surface area contributed by atoms with Crippen LogP contribution < -0.4 is 5.32 Å². The van der Waals surface area contributed by atoms with Gasteiger partial charge in [-0.2, -0.15) is 0 Å². The molecule has 3 rings (SSSR count). The minimum atomic E-state index is 0.497.